The third-order valence-corrected chi connectivity index (χ3v) is 7.58. The topological polar surface area (TPSA) is 97.7 Å². The second-order valence-electron chi connectivity index (χ2n) is 9.81. The zero-order valence-corrected chi connectivity index (χ0v) is 21.4. The minimum atomic E-state index is -4.85. The zero-order chi connectivity index (χ0) is 26.6. The number of nitrogens with zero attached hydrogens (tertiary/aromatic N) is 3. The van der Waals surface area contributed by atoms with Crippen LogP contribution in [-0.2, 0) is 19.6 Å². The van der Waals surface area contributed by atoms with Gasteiger partial charge in [0.05, 0.1) is 10.6 Å². The Morgan fingerprint density at radius 2 is 1.72 bits per heavy atom. The molecule has 2 heterocycles. The van der Waals surface area contributed by atoms with Crippen LogP contribution in [0.4, 0.5) is 18.0 Å². The lowest BCUT2D eigenvalue weighted by atomic mass is 9.99. The number of hydrogen-bond acceptors (Lipinski definition) is 7. The molecule has 0 spiro atoms. The molecule has 13 heteroatoms. The molecule has 1 aromatic carbocycles. The average molecular weight is 536 g/mol. The van der Waals surface area contributed by atoms with Crippen LogP contribution in [0, 0.1) is 5.92 Å². The summed E-state index contributed by atoms with van der Waals surface area (Å²) in [5, 5.41) is 4.18. The molecule has 2 fully saturated rings. The first-order chi connectivity index (χ1) is 16.7. The molecule has 0 radical (unpaired) electrons. The molecule has 2 saturated heterocycles. The molecular weight excluding hydrogens is 503 g/mol. The van der Waals surface area contributed by atoms with E-state index >= 15 is 0 Å². The van der Waals surface area contributed by atoms with E-state index in [1.165, 1.54) is 4.31 Å². The third kappa shape index (κ3) is 8.26. The fourth-order valence-corrected chi connectivity index (χ4v) is 5.41. The number of rotatable bonds is 6. The van der Waals surface area contributed by atoms with E-state index in [4.69, 9.17) is 9.57 Å². The van der Waals surface area contributed by atoms with Crippen LogP contribution in [0.3, 0.4) is 0 Å². The zero-order valence-electron chi connectivity index (χ0n) is 20.6. The highest BCUT2D eigenvalue weighted by Gasteiger charge is 2.32. The number of sulfonamides is 1. The van der Waals surface area contributed by atoms with Gasteiger partial charge >= 0.3 is 12.5 Å². The van der Waals surface area contributed by atoms with Crippen molar-refractivity contribution in [2.24, 2.45) is 11.1 Å². The fraction of sp³-hybridized carbons (Fsp3) is 0.652. The summed E-state index contributed by atoms with van der Waals surface area (Å²) in [5.74, 6) is -0.362. The summed E-state index contributed by atoms with van der Waals surface area (Å²) in [6.07, 6.45) is -2.68. The molecule has 36 heavy (non-hydrogen) atoms. The van der Waals surface area contributed by atoms with Gasteiger partial charge in [-0.25, -0.2) is 13.2 Å². The number of carbonyl (C=O) groups excluding carboxylic acids is 1. The van der Waals surface area contributed by atoms with Gasteiger partial charge < -0.3 is 19.2 Å². The molecule has 202 valence electrons. The first-order valence-electron chi connectivity index (χ1n) is 11.7. The maximum absolute atomic E-state index is 12.8. The molecule has 0 N–H and O–H groups in total. The van der Waals surface area contributed by atoms with E-state index in [2.05, 4.69) is 9.89 Å². The van der Waals surface area contributed by atoms with Gasteiger partial charge in [-0.1, -0.05) is 5.16 Å². The summed E-state index contributed by atoms with van der Waals surface area (Å²) in [6, 6.07) is 4.13. The SMILES string of the molecule is CC(C)(C)OC(=O)N1CCCC(CON=C2CCN(S(=O)(=O)c3ccc(OC(F)(F)F)cc3)CC2)C1. The first-order valence-corrected chi connectivity index (χ1v) is 13.2. The van der Waals surface area contributed by atoms with E-state index in [0.717, 1.165) is 42.8 Å². The van der Waals surface area contributed by atoms with Crippen LogP contribution in [0.1, 0.15) is 46.5 Å². The molecule has 0 saturated carbocycles. The van der Waals surface area contributed by atoms with E-state index in [9.17, 15) is 26.4 Å². The van der Waals surface area contributed by atoms with Gasteiger partial charge in [0.25, 0.3) is 0 Å². The predicted molar refractivity (Wildman–Crippen MR) is 125 cm³/mol. The molecule has 0 aromatic heterocycles. The largest absolute Gasteiger partial charge is 0.573 e. The Labute approximate surface area is 209 Å². The van der Waals surface area contributed by atoms with Gasteiger partial charge in [-0.15, -0.1) is 13.2 Å². The highest BCUT2D eigenvalue weighted by molar-refractivity contribution is 7.89. The van der Waals surface area contributed by atoms with Gasteiger partial charge in [0.15, 0.2) is 0 Å². The Hall–Kier alpha value is -2.54. The summed E-state index contributed by atoms with van der Waals surface area (Å²) in [5.41, 5.74) is 0.176. The smallest absolute Gasteiger partial charge is 0.444 e. The fourth-order valence-electron chi connectivity index (χ4n) is 3.97. The molecule has 3 rings (SSSR count). The molecule has 0 bridgehead atoms. The van der Waals surface area contributed by atoms with Gasteiger partial charge in [0, 0.05) is 44.9 Å². The van der Waals surface area contributed by atoms with Crippen molar-refractivity contribution in [3.8, 4) is 5.75 Å². The number of likely N-dealkylation sites (tertiary alicyclic amines) is 1. The Balaban J connectivity index is 1.47. The standard InChI is InChI=1S/C23H32F3N3O6S/c1-22(2,3)35-21(30)28-12-4-5-17(15-28)16-33-27-18-10-13-29(14-11-18)36(31,32)20-8-6-19(7-9-20)34-23(24,25)26/h6-9,17H,4-5,10-16H2,1-3H3. The highest BCUT2D eigenvalue weighted by atomic mass is 32.2. The van der Waals surface area contributed by atoms with Crippen molar-refractivity contribution in [2.75, 3.05) is 32.8 Å². The van der Waals surface area contributed by atoms with Crippen molar-refractivity contribution in [2.45, 2.75) is 63.3 Å². The van der Waals surface area contributed by atoms with Gasteiger partial charge in [0.2, 0.25) is 10.0 Å². The maximum atomic E-state index is 12.8. The maximum Gasteiger partial charge on any atom is 0.573 e. The quantitative estimate of drug-likeness (QED) is 0.502. The van der Waals surface area contributed by atoms with Crippen LogP contribution in [0.15, 0.2) is 34.3 Å². The Bertz CT molecular complexity index is 1030. The van der Waals surface area contributed by atoms with Crippen molar-refractivity contribution < 1.29 is 40.7 Å². The van der Waals surface area contributed by atoms with E-state index in [1.807, 2.05) is 20.8 Å². The van der Waals surface area contributed by atoms with Crippen LogP contribution in [0.25, 0.3) is 0 Å². The summed E-state index contributed by atoms with van der Waals surface area (Å²) < 4.78 is 73.1. The number of piperidine rings is 2. The van der Waals surface area contributed by atoms with Crippen LogP contribution in [0.2, 0.25) is 0 Å². The number of ether oxygens (including phenoxy) is 2. The summed E-state index contributed by atoms with van der Waals surface area (Å²) in [6.45, 7) is 7.35. The predicted octanol–water partition coefficient (Wildman–Crippen LogP) is 4.39. The van der Waals surface area contributed by atoms with E-state index in [0.29, 0.717) is 32.5 Å². The van der Waals surface area contributed by atoms with Crippen LogP contribution < -0.4 is 4.74 Å². The monoisotopic (exact) mass is 535 g/mol. The highest BCUT2D eigenvalue weighted by Crippen LogP contribution is 2.26. The van der Waals surface area contributed by atoms with E-state index in [1.54, 1.807) is 4.90 Å². The summed E-state index contributed by atoms with van der Waals surface area (Å²) >= 11 is 0. The second-order valence-corrected chi connectivity index (χ2v) is 11.7. The summed E-state index contributed by atoms with van der Waals surface area (Å²) in [4.78, 5) is 19.4. The molecular formula is C23H32F3N3O6S. The van der Waals surface area contributed by atoms with Gasteiger partial charge in [0.1, 0.15) is 18.0 Å². The van der Waals surface area contributed by atoms with Gasteiger partial charge in [-0.3, -0.25) is 0 Å². The Kier molecular flexibility index (Phi) is 8.75. The number of hydrogen-bond donors (Lipinski definition) is 0. The molecule has 1 aromatic rings. The number of halogens is 3. The number of carbonyl (C=O) groups is 1. The van der Waals surface area contributed by atoms with Crippen molar-refractivity contribution in [3.05, 3.63) is 24.3 Å². The van der Waals surface area contributed by atoms with Crippen LogP contribution >= 0.6 is 0 Å². The molecule has 1 atom stereocenters. The van der Waals surface area contributed by atoms with E-state index in [-0.39, 0.29) is 30.0 Å². The van der Waals surface area contributed by atoms with Gasteiger partial charge in [-0.05, 0) is 57.9 Å². The van der Waals surface area contributed by atoms with Crippen LogP contribution in [-0.4, -0.2) is 74.2 Å². The lowest BCUT2D eigenvalue weighted by molar-refractivity contribution is -0.274. The molecule has 9 nitrogen and oxygen atoms in total. The number of alkyl halides is 3. The second kappa shape index (κ2) is 11.2. The summed E-state index contributed by atoms with van der Waals surface area (Å²) in [7, 11) is -3.86. The Morgan fingerprint density at radius 3 is 2.31 bits per heavy atom. The number of oxime groups is 1. The molecule has 1 unspecified atom stereocenters. The van der Waals surface area contributed by atoms with Crippen molar-refractivity contribution in [1.29, 1.82) is 0 Å². The van der Waals surface area contributed by atoms with Crippen LogP contribution in [0.5, 0.6) is 5.75 Å². The minimum absolute atomic E-state index is 0.111. The third-order valence-electron chi connectivity index (χ3n) is 5.67. The lowest BCUT2D eigenvalue weighted by Gasteiger charge is -2.33. The molecule has 2 aliphatic heterocycles. The molecule has 1 amide bonds. The number of amides is 1. The first kappa shape index (κ1) is 28.0. The molecule has 0 aliphatic carbocycles. The van der Waals surface area contributed by atoms with Gasteiger partial charge in [-0.2, -0.15) is 4.31 Å². The van der Waals surface area contributed by atoms with Crippen molar-refractivity contribution >= 4 is 21.8 Å². The molecule has 2 aliphatic rings. The minimum Gasteiger partial charge on any atom is -0.444 e. The Morgan fingerprint density at radius 1 is 1.08 bits per heavy atom. The normalized spacial score (nSPS) is 20.1. The van der Waals surface area contributed by atoms with Crippen molar-refractivity contribution in [1.82, 2.24) is 9.21 Å². The lowest BCUT2D eigenvalue weighted by Crippen LogP contribution is -2.43. The van der Waals surface area contributed by atoms with E-state index < -0.39 is 27.7 Å². The number of benzene rings is 1. The van der Waals surface area contributed by atoms with Crippen molar-refractivity contribution in [3.63, 3.8) is 0 Å². The average Bonchev–Trinajstić information content (AvgIpc) is 2.78.